The van der Waals surface area contributed by atoms with Crippen LogP contribution in [0.1, 0.15) is 18.9 Å². The lowest BCUT2D eigenvalue weighted by molar-refractivity contribution is -0.140. The Morgan fingerprint density at radius 3 is 2.69 bits per heavy atom. The van der Waals surface area contributed by atoms with E-state index in [2.05, 4.69) is 20.2 Å². The van der Waals surface area contributed by atoms with E-state index in [-0.39, 0.29) is 0 Å². The van der Waals surface area contributed by atoms with Gasteiger partial charge in [-0.2, -0.15) is 5.11 Å². The zero-order valence-corrected chi connectivity index (χ0v) is 15.9. The number of nitrogens with zero attached hydrogens (tertiary/aromatic N) is 3. The minimum atomic E-state index is -0.829. The Balaban J connectivity index is 1.48. The van der Waals surface area contributed by atoms with E-state index < -0.39 is 11.9 Å². The number of allylic oxidation sites excluding steroid dienone is 3. The molecule has 0 fully saturated rings. The number of benzene rings is 2. The number of carboxylic acids is 1. The smallest absolute Gasteiger partial charge is 0.310 e. The van der Waals surface area contributed by atoms with Crippen LogP contribution in [0.4, 0.5) is 11.4 Å². The monoisotopic (exact) mass is 384 g/mol. The zero-order valence-electron chi connectivity index (χ0n) is 15.9. The number of azo groups is 1. The number of aromatic amines is 1. The molecule has 1 atom stereocenters. The number of nitrogens with one attached hydrogen (secondary N) is 1. The summed E-state index contributed by atoms with van der Waals surface area (Å²) in [6.45, 7) is 1.91. The van der Waals surface area contributed by atoms with Crippen molar-refractivity contribution in [1.82, 2.24) is 4.98 Å². The van der Waals surface area contributed by atoms with Crippen LogP contribution in [0.3, 0.4) is 0 Å². The number of fused-ring (bicyclic) bond motifs is 1. The molecular formula is C23H20N4O2. The first-order valence-electron chi connectivity index (χ1n) is 9.34. The molecule has 0 amide bonds. The fourth-order valence-electron chi connectivity index (χ4n) is 3.21. The molecule has 144 valence electrons. The van der Waals surface area contributed by atoms with E-state index in [0.717, 1.165) is 39.2 Å². The first kappa shape index (κ1) is 18.6. The third-order valence-electron chi connectivity index (χ3n) is 4.82. The van der Waals surface area contributed by atoms with Gasteiger partial charge >= 0.3 is 5.97 Å². The van der Waals surface area contributed by atoms with Gasteiger partial charge in [-0.1, -0.05) is 42.5 Å². The van der Waals surface area contributed by atoms with Crippen molar-refractivity contribution in [1.29, 1.82) is 0 Å². The summed E-state index contributed by atoms with van der Waals surface area (Å²) in [6, 6.07) is 15.6. The molecule has 0 unspecified atom stereocenters. The lowest BCUT2D eigenvalue weighted by atomic mass is 9.98. The number of aliphatic carboxylic acids is 1. The van der Waals surface area contributed by atoms with E-state index >= 15 is 0 Å². The Hall–Kier alpha value is -3.80. The van der Waals surface area contributed by atoms with Gasteiger partial charge in [0.05, 0.1) is 11.6 Å². The lowest BCUT2D eigenvalue weighted by Gasteiger charge is -2.12. The van der Waals surface area contributed by atoms with Gasteiger partial charge in [-0.25, -0.2) is 0 Å². The molecule has 6 nitrogen and oxygen atoms in total. The SMILES string of the molecule is CC(=NC1=CC=C[C@H](C(=O)O)C1)c1ccc(N=Nc2c[nH]c3ccccc23)cc1. The van der Waals surface area contributed by atoms with E-state index in [1.54, 1.807) is 12.2 Å². The highest BCUT2D eigenvalue weighted by Crippen LogP contribution is 2.27. The van der Waals surface area contributed by atoms with E-state index in [1.165, 1.54) is 0 Å². The molecule has 1 aliphatic carbocycles. The van der Waals surface area contributed by atoms with Gasteiger partial charge in [0, 0.05) is 34.9 Å². The third-order valence-corrected chi connectivity index (χ3v) is 4.82. The van der Waals surface area contributed by atoms with Crippen LogP contribution in [0, 0.1) is 5.92 Å². The summed E-state index contributed by atoms with van der Waals surface area (Å²) in [5.74, 6) is -1.34. The molecule has 0 radical (unpaired) electrons. The number of hydrogen-bond donors (Lipinski definition) is 2. The Kier molecular flexibility index (Phi) is 5.16. The van der Waals surface area contributed by atoms with Crippen LogP contribution in [0.15, 0.2) is 93.9 Å². The molecular weight excluding hydrogens is 364 g/mol. The second-order valence-corrected chi connectivity index (χ2v) is 6.86. The Morgan fingerprint density at radius 1 is 1.10 bits per heavy atom. The van der Waals surface area contributed by atoms with Gasteiger partial charge in [0.1, 0.15) is 5.69 Å². The van der Waals surface area contributed by atoms with Crippen molar-refractivity contribution >= 4 is 34.0 Å². The van der Waals surface area contributed by atoms with Crippen molar-refractivity contribution in [3.05, 3.63) is 84.2 Å². The van der Waals surface area contributed by atoms with Crippen molar-refractivity contribution in [2.24, 2.45) is 21.1 Å². The molecule has 1 aliphatic rings. The number of carboxylic acid groups (broad SMARTS) is 1. The van der Waals surface area contributed by atoms with E-state index in [9.17, 15) is 4.79 Å². The fraction of sp³-hybridized carbons (Fsp3) is 0.130. The van der Waals surface area contributed by atoms with E-state index in [1.807, 2.05) is 67.7 Å². The van der Waals surface area contributed by atoms with E-state index in [4.69, 9.17) is 5.11 Å². The van der Waals surface area contributed by atoms with Crippen molar-refractivity contribution in [2.45, 2.75) is 13.3 Å². The topological polar surface area (TPSA) is 90.2 Å². The summed E-state index contributed by atoms with van der Waals surface area (Å²) in [6.07, 6.45) is 7.54. The van der Waals surface area contributed by atoms with Crippen molar-refractivity contribution in [3.63, 3.8) is 0 Å². The van der Waals surface area contributed by atoms with Crippen molar-refractivity contribution < 1.29 is 9.90 Å². The van der Waals surface area contributed by atoms with Crippen LogP contribution >= 0.6 is 0 Å². The van der Waals surface area contributed by atoms with Crippen LogP contribution < -0.4 is 0 Å². The molecule has 0 saturated heterocycles. The first-order chi connectivity index (χ1) is 14.1. The van der Waals surface area contributed by atoms with Gasteiger partial charge in [-0.05, 0) is 36.8 Å². The van der Waals surface area contributed by atoms with Crippen LogP contribution in [-0.2, 0) is 4.79 Å². The number of hydrogen-bond acceptors (Lipinski definition) is 4. The molecule has 2 aromatic carbocycles. The highest BCUT2D eigenvalue weighted by Gasteiger charge is 2.18. The molecule has 3 aromatic rings. The van der Waals surface area contributed by atoms with Crippen molar-refractivity contribution in [3.8, 4) is 0 Å². The average Bonchev–Trinajstić information content (AvgIpc) is 3.16. The van der Waals surface area contributed by atoms with Gasteiger partial charge in [-0.3, -0.25) is 9.79 Å². The summed E-state index contributed by atoms with van der Waals surface area (Å²) in [4.78, 5) is 18.9. The summed E-state index contributed by atoms with van der Waals surface area (Å²) in [5.41, 5.74) is 5.13. The number of rotatable bonds is 5. The van der Waals surface area contributed by atoms with Gasteiger partial charge in [0.15, 0.2) is 0 Å². The van der Waals surface area contributed by atoms with E-state index in [0.29, 0.717) is 6.42 Å². The van der Waals surface area contributed by atoms with Crippen LogP contribution in [0.5, 0.6) is 0 Å². The molecule has 1 heterocycles. The predicted octanol–water partition coefficient (Wildman–Crippen LogP) is 5.94. The summed E-state index contributed by atoms with van der Waals surface area (Å²) < 4.78 is 0. The molecule has 2 N–H and O–H groups in total. The highest BCUT2D eigenvalue weighted by molar-refractivity contribution is 5.99. The largest absolute Gasteiger partial charge is 0.481 e. The molecule has 0 spiro atoms. The Morgan fingerprint density at radius 2 is 1.90 bits per heavy atom. The number of carbonyl (C=O) groups is 1. The maximum Gasteiger partial charge on any atom is 0.310 e. The van der Waals surface area contributed by atoms with Gasteiger partial charge in [0.25, 0.3) is 0 Å². The number of aliphatic imine (C=N–C) groups is 1. The molecule has 0 bridgehead atoms. The first-order valence-corrected chi connectivity index (χ1v) is 9.34. The lowest BCUT2D eigenvalue weighted by Crippen LogP contribution is -2.13. The van der Waals surface area contributed by atoms with Gasteiger partial charge < -0.3 is 10.1 Å². The minimum absolute atomic E-state index is 0.403. The standard InChI is InChI=1S/C23H20N4O2/c1-15(25-19-6-4-5-17(13-19)23(28)29)16-9-11-18(12-10-16)26-27-22-14-24-21-8-3-2-7-20(21)22/h2-12,14,17,24H,13H2,1H3,(H,28,29)/t17-/m0/s1. The summed E-state index contributed by atoms with van der Waals surface area (Å²) >= 11 is 0. The zero-order chi connectivity index (χ0) is 20.2. The molecule has 6 heteroatoms. The van der Waals surface area contributed by atoms with Crippen LogP contribution in [-0.4, -0.2) is 21.8 Å². The molecule has 0 saturated carbocycles. The molecule has 4 rings (SSSR count). The number of H-pyrrole nitrogens is 1. The Labute approximate surface area is 168 Å². The Bertz CT molecular complexity index is 1170. The molecule has 1 aromatic heterocycles. The second-order valence-electron chi connectivity index (χ2n) is 6.86. The summed E-state index contributed by atoms with van der Waals surface area (Å²) in [7, 11) is 0. The van der Waals surface area contributed by atoms with Crippen molar-refractivity contribution in [2.75, 3.05) is 0 Å². The maximum absolute atomic E-state index is 11.2. The van der Waals surface area contributed by atoms with Crippen LogP contribution in [0.2, 0.25) is 0 Å². The molecule has 29 heavy (non-hydrogen) atoms. The number of para-hydroxylation sites is 1. The van der Waals surface area contributed by atoms with Crippen LogP contribution in [0.25, 0.3) is 10.9 Å². The minimum Gasteiger partial charge on any atom is -0.481 e. The fourth-order valence-corrected chi connectivity index (χ4v) is 3.21. The normalized spacial score (nSPS) is 17.1. The highest BCUT2D eigenvalue weighted by atomic mass is 16.4. The quantitative estimate of drug-likeness (QED) is 0.421. The second kappa shape index (κ2) is 8.06. The summed E-state index contributed by atoms with van der Waals surface area (Å²) in [5, 5.41) is 18.9. The number of aromatic nitrogens is 1. The van der Waals surface area contributed by atoms with Gasteiger partial charge in [-0.15, -0.1) is 5.11 Å². The predicted molar refractivity (Wildman–Crippen MR) is 114 cm³/mol. The maximum atomic E-state index is 11.2. The third kappa shape index (κ3) is 4.21. The van der Waals surface area contributed by atoms with Gasteiger partial charge in [0.2, 0.25) is 0 Å². The average molecular weight is 384 g/mol. The molecule has 0 aliphatic heterocycles.